The summed E-state index contributed by atoms with van der Waals surface area (Å²) >= 11 is 0. The first kappa shape index (κ1) is 12.6. The Morgan fingerprint density at radius 3 is 2.81 bits per heavy atom. The van der Waals surface area contributed by atoms with E-state index in [4.69, 9.17) is 9.84 Å². The first-order chi connectivity index (χ1) is 7.77. The third-order valence-electron chi connectivity index (χ3n) is 2.41. The molecule has 0 bridgehead atoms. The second kappa shape index (κ2) is 6.92. The van der Waals surface area contributed by atoms with E-state index in [9.17, 15) is 0 Å². The van der Waals surface area contributed by atoms with Crippen molar-refractivity contribution < 1.29 is 9.84 Å². The molecule has 1 aromatic rings. The lowest BCUT2D eigenvalue weighted by Gasteiger charge is -2.12. The fourth-order valence-corrected chi connectivity index (χ4v) is 1.18. The fourth-order valence-electron chi connectivity index (χ4n) is 1.18. The summed E-state index contributed by atoms with van der Waals surface area (Å²) in [6.45, 7) is 4.88. The highest BCUT2D eigenvalue weighted by molar-refractivity contribution is 5.45. The summed E-state index contributed by atoms with van der Waals surface area (Å²) in [5.74, 6) is 6.85. The van der Waals surface area contributed by atoms with Crippen LogP contribution in [0.5, 0.6) is 5.75 Å². The van der Waals surface area contributed by atoms with Gasteiger partial charge in [0.2, 0.25) is 0 Å². The molecule has 0 heterocycles. The maximum absolute atomic E-state index is 8.66. The molecule has 1 unspecified atom stereocenters. The van der Waals surface area contributed by atoms with Gasteiger partial charge in [0, 0.05) is 0 Å². The SMILES string of the molecule is CCC(C)COc1ccccc1C#CCO. The molecule has 0 saturated carbocycles. The highest BCUT2D eigenvalue weighted by Crippen LogP contribution is 2.17. The van der Waals surface area contributed by atoms with Crippen LogP contribution in [0.25, 0.3) is 0 Å². The number of benzene rings is 1. The van der Waals surface area contributed by atoms with Crippen molar-refractivity contribution in [2.75, 3.05) is 13.2 Å². The predicted octanol–water partition coefficient (Wildman–Crippen LogP) is 2.46. The van der Waals surface area contributed by atoms with E-state index in [1.807, 2.05) is 24.3 Å². The van der Waals surface area contributed by atoms with Crippen LogP contribution in [0.1, 0.15) is 25.8 Å². The Morgan fingerprint density at radius 1 is 1.38 bits per heavy atom. The van der Waals surface area contributed by atoms with E-state index in [0.717, 1.165) is 17.7 Å². The average Bonchev–Trinajstić information content (AvgIpc) is 2.34. The lowest BCUT2D eigenvalue weighted by Crippen LogP contribution is -2.07. The summed E-state index contributed by atoms with van der Waals surface area (Å²) in [6, 6.07) is 7.64. The summed E-state index contributed by atoms with van der Waals surface area (Å²) in [7, 11) is 0. The van der Waals surface area contributed by atoms with Crippen LogP contribution in [0.2, 0.25) is 0 Å². The third kappa shape index (κ3) is 3.96. The number of ether oxygens (including phenoxy) is 1. The van der Waals surface area contributed by atoms with Gasteiger partial charge in [-0.1, -0.05) is 44.2 Å². The minimum Gasteiger partial charge on any atom is -0.492 e. The Hall–Kier alpha value is -1.46. The van der Waals surface area contributed by atoms with Crippen LogP contribution in [-0.4, -0.2) is 18.3 Å². The third-order valence-corrected chi connectivity index (χ3v) is 2.41. The fraction of sp³-hybridized carbons (Fsp3) is 0.429. The minimum atomic E-state index is -0.125. The molecule has 0 fully saturated rings. The van der Waals surface area contributed by atoms with Crippen molar-refractivity contribution in [1.29, 1.82) is 0 Å². The van der Waals surface area contributed by atoms with Crippen molar-refractivity contribution in [3.05, 3.63) is 29.8 Å². The van der Waals surface area contributed by atoms with Gasteiger partial charge in [0.1, 0.15) is 12.4 Å². The van der Waals surface area contributed by atoms with E-state index in [-0.39, 0.29) is 6.61 Å². The quantitative estimate of drug-likeness (QED) is 0.787. The molecule has 0 amide bonds. The molecule has 1 N–H and O–H groups in total. The largest absolute Gasteiger partial charge is 0.492 e. The predicted molar refractivity (Wildman–Crippen MR) is 65.4 cm³/mol. The molecule has 2 nitrogen and oxygen atoms in total. The van der Waals surface area contributed by atoms with Crippen molar-refractivity contribution in [3.8, 4) is 17.6 Å². The van der Waals surface area contributed by atoms with Gasteiger partial charge in [0.25, 0.3) is 0 Å². The summed E-state index contributed by atoms with van der Waals surface area (Å²) in [5, 5.41) is 8.66. The monoisotopic (exact) mass is 218 g/mol. The van der Waals surface area contributed by atoms with Crippen molar-refractivity contribution in [1.82, 2.24) is 0 Å². The minimum absolute atomic E-state index is 0.125. The van der Waals surface area contributed by atoms with Crippen molar-refractivity contribution >= 4 is 0 Å². The van der Waals surface area contributed by atoms with Crippen molar-refractivity contribution in [2.24, 2.45) is 5.92 Å². The topological polar surface area (TPSA) is 29.5 Å². The second-order valence-electron chi connectivity index (χ2n) is 3.78. The van der Waals surface area contributed by atoms with Gasteiger partial charge in [-0.25, -0.2) is 0 Å². The van der Waals surface area contributed by atoms with E-state index in [1.54, 1.807) is 0 Å². The van der Waals surface area contributed by atoms with Gasteiger partial charge in [0.15, 0.2) is 0 Å². The molecular weight excluding hydrogens is 200 g/mol. The number of aliphatic hydroxyl groups is 1. The Morgan fingerprint density at radius 2 is 2.12 bits per heavy atom. The lowest BCUT2D eigenvalue weighted by atomic mass is 10.1. The standard InChI is InChI=1S/C14H18O2/c1-3-12(2)11-16-14-9-5-4-7-13(14)8-6-10-15/h4-5,7,9,12,15H,3,10-11H2,1-2H3. The van der Waals surface area contributed by atoms with Crippen molar-refractivity contribution in [3.63, 3.8) is 0 Å². The van der Waals surface area contributed by atoms with E-state index >= 15 is 0 Å². The highest BCUT2D eigenvalue weighted by atomic mass is 16.5. The smallest absolute Gasteiger partial charge is 0.134 e. The van der Waals surface area contributed by atoms with Crippen LogP contribution in [0.3, 0.4) is 0 Å². The first-order valence-corrected chi connectivity index (χ1v) is 5.59. The number of hydrogen-bond donors (Lipinski definition) is 1. The molecule has 86 valence electrons. The normalized spacial score (nSPS) is 11.4. The molecule has 1 rings (SSSR count). The highest BCUT2D eigenvalue weighted by Gasteiger charge is 2.03. The molecular formula is C14H18O2. The summed E-state index contributed by atoms with van der Waals surface area (Å²) in [4.78, 5) is 0. The lowest BCUT2D eigenvalue weighted by molar-refractivity contribution is 0.256. The number of para-hydroxylation sites is 1. The zero-order valence-electron chi connectivity index (χ0n) is 9.86. The van der Waals surface area contributed by atoms with Crippen LogP contribution >= 0.6 is 0 Å². The maximum atomic E-state index is 8.66. The zero-order valence-corrected chi connectivity index (χ0v) is 9.86. The average molecular weight is 218 g/mol. The molecule has 0 aromatic heterocycles. The molecule has 16 heavy (non-hydrogen) atoms. The van der Waals surface area contributed by atoms with Crippen LogP contribution in [-0.2, 0) is 0 Å². The van der Waals surface area contributed by atoms with Gasteiger partial charge < -0.3 is 9.84 Å². The molecule has 1 aromatic carbocycles. The molecule has 2 heteroatoms. The number of rotatable bonds is 4. The van der Waals surface area contributed by atoms with Crippen LogP contribution in [0.4, 0.5) is 0 Å². The molecule has 1 atom stereocenters. The van der Waals surface area contributed by atoms with Crippen molar-refractivity contribution in [2.45, 2.75) is 20.3 Å². The van der Waals surface area contributed by atoms with Crippen LogP contribution < -0.4 is 4.74 Å². The van der Waals surface area contributed by atoms with E-state index in [2.05, 4.69) is 25.7 Å². The Kier molecular flexibility index (Phi) is 5.45. The summed E-state index contributed by atoms with van der Waals surface area (Å²) < 4.78 is 5.70. The number of aliphatic hydroxyl groups excluding tert-OH is 1. The second-order valence-corrected chi connectivity index (χ2v) is 3.78. The van der Waals surface area contributed by atoms with Gasteiger partial charge in [-0.15, -0.1) is 0 Å². The van der Waals surface area contributed by atoms with Crippen LogP contribution in [0, 0.1) is 17.8 Å². The van der Waals surface area contributed by atoms with E-state index < -0.39 is 0 Å². The molecule has 0 radical (unpaired) electrons. The molecule has 0 saturated heterocycles. The molecule has 0 aliphatic carbocycles. The van der Waals surface area contributed by atoms with Gasteiger partial charge in [-0.05, 0) is 18.1 Å². The summed E-state index contributed by atoms with van der Waals surface area (Å²) in [6.07, 6.45) is 1.10. The van der Waals surface area contributed by atoms with Gasteiger partial charge in [-0.2, -0.15) is 0 Å². The first-order valence-electron chi connectivity index (χ1n) is 5.59. The van der Waals surface area contributed by atoms with E-state index in [0.29, 0.717) is 12.5 Å². The zero-order chi connectivity index (χ0) is 11.8. The maximum Gasteiger partial charge on any atom is 0.134 e. The van der Waals surface area contributed by atoms with Crippen LogP contribution in [0.15, 0.2) is 24.3 Å². The van der Waals surface area contributed by atoms with Gasteiger partial charge in [0.05, 0.1) is 12.2 Å². The van der Waals surface area contributed by atoms with E-state index in [1.165, 1.54) is 0 Å². The van der Waals surface area contributed by atoms with Gasteiger partial charge >= 0.3 is 0 Å². The Bertz CT molecular complexity index is 374. The Balaban J connectivity index is 2.71. The van der Waals surface area contributed by atoms with Gasteiger partial charge in [-0.3, -0.25) is 0 Å². The molecule has 0 aliphatic heterocycles. The molecule has 0 aliphatic rings. The summed E-state index contributed by atoms with van der Waals surface area (Å²) in [5.41, 5.74) is 0.833. The molecule has 0 spiro atoms. The Labute approximate surface area is 97.3 Å². The number of hydrogen-bond acceptors (Lipinski definition) is 2.